The second-order valence-electron chi connectivity index (χ2n) is 4.81. The first kappa shape index (κ1) is 16.0. The minimum absolute atomic E-state index is 0.145. The standard InChI is InChI=1S/C17H17ClN2O2/c1-2-15(12-7-4-3-5-8-12)19-17(22)20-16(21)13-9-6-10-14(18)11-13/h3-11,15H,2H2,1H3,(H2,19,20,21,22)/t15-/m1/s1. The molecule has 0 aliphatic rings. The number of hydrogen-bond donors (Lipinski definition) is 2. The quantitative estimate of drug-likeness (QED) is 0.898. The lowest BCUT2D eigenvalue weighted by Crippen LogP contribution is -2.41. The van der Waals surface area contributed by atoms with Crippen molar-refractivity contribution in [3.8, 4) is 0 Å². The normalized spacial score (nSPS) is 11.5. The maximum Gasteiger partial charge on any atom is 0.322 e. The Morgan fingerprint density at radius 1 is 1.09 bits per heavy atom. The van der Waals surface area contributed by atoms with Crippen molar-refractivity contribution in [1.82, 2.24) is 10.6 Å². The molecule has 2 rings (SSSR count). The molecule has 2 N–H and O–H groups in total. The fourth-order valence-electron chi connectivity index (χ4n) is 2.11. The highest BCUT2D eigenvalue weighted by molar-refractivity contribution is 6.31. The summed E-state index contributed by atoms with van der Waals surface area (Å²) in [5, 5.41) is 5.55. The monoisotopic (exact) mass is 316 g/mol. The van der Waals surface area contributed by atoms with Crippen LogP contribution in [-0.4, -0.2) is 11.9 Å². The number of benzene rings is 2. The Balaban J connectivity index is 1.98. The molecule has 0 heterocycles. The summed E-state index contributed by atoms with van der Waals surface area (Å²) in [7, 11) is 0. The van der Waals surface area contributed by atoms with Gasteiger partial charge in [-0.05, 0) is 30.2 Å². The van der Waals surface area contributed by atoms with Crippen LogP contribution < -0.4 is 10.6 Å². The molecule has 0 aromatic heterocycles. The maximum atomic E-state index is 12.0. The highest BCUT2D eigenvalue weighted by atomic mass is 35.5. The van der Waals surface area contributed by atoms with Crippen molar-refractivity contribution in [3.63, 3.8) is 0 Å². The van der Waals surface area contributed by atoms with Gasteiger partial charge in [0, 0.05) is 10.6 Å². The second-order valence-corrected chi connectivity index (χ2v) is 5.25. The Hall–Kier alpha value is -2.33. The maximum absolute atomic E-state index is 12.0. The van der Waals surface area contributed by atoms with Crippen molar-refractivity contribution in [2.75, 3.05) is 0 Å². The largest absolute Gasteiger partial charge is 0.331 e. The van der Waals surface area contributed by atoms with Crippen LogP contribution in [0.15, 0.2) is 54.6 Å². The molecule has 114 valence electrons. The van der Waals surface area contributed by atoms with E-state index < -0.39 is 11.9 Å². The van der Waals surface area contributed by atoms with E-state index in [4.69, 9.17) is 11.6 Å². The first-order chi connectivity index (χ1) is 10.6. The van der Waals surface area contributed by atoms with Crippen LogP contribution in [0, 0.1) is 0 Å². The van der Waals surface area contributed by atoms with Crippen molar-refractivity contribution < 1.29 is 9.59 Å². The van der Waals surface area contributed by atoms with E-state index in [9.17, 15) is 9.59 Å². The molecule has 2 aromatic carbocycles. The van der Waals surface area contributed by atoms with Crippen LogP contribution in [0.3, 0.4) is 0 Å². The minimum atomic E-state index is -0.527. The summed E-state index contributed by atoms with van der Waals surface area (Å²) >= 11 is 5.83. The van der Waals surface area contributed by atoms with Crippen molar-refractivity contribution in [3.05, 3.63) is 70.7 Å². The summed E-state index contributed by atoms with van der Waals surface area (Å²) in [6.07, 6.45) is 0.725. The van der Waals surface area contributed by atoms with E-state index in [1.165, 1.54) is 6.07 Å². The van der Waals surface area contributed by atoms with Crippen molar-refractivity contribution in [1.29, 1.82) is 0 Å². The molecule has 2 aromatic rings. The number of carbonyl (C=O) groups is 2. The lowest BCUT2D eigenvalue weighted by Gasteiger charge is -2.17. The fourth-order valence-corrected chi connectivity index (χ4v) is 2.30. The number of halogens is 1. The Morgan fingerprint density at radius 3 is 2.45 bits per heavy atom. The number of imide groups is 1. The molecule has 0 unspecified atom stereocenters. The third-order valence-electron chi connectivity index (χ3n) is 3.23. The van der Waals surface area contributed by atoms with Crippen LogP contribution in [-0.2, 0) is 0 Å². The van der Waals surface area contributed by atoms with Crippen LogP contribution in [0.4, 0.5) is 4.79 Å². The van der Waals surface area contributed by atoms with Crippen LogP contribution in [0.1, 0.15) is 35.3 Å². The number of urea groups is 1. The second kappa shape index (κ2) is 7.61. The summed E-state index contributed by atoms with van der Waals surface area (Å²) in [6.45, 7) is 1.97. The van der Waals surface area contributed by atoms with Gasteiger partial charge in [0.2, 0.25) is 0 Å². The zero-order valence-corrected chi connectivity index (χ0v) is 12.9. The van der Waals surface area contributed by atoms with Gasteiger partial charge in [0.15, 0.2) is 0 Å². The highest BCUT2D eigenvalue weighted by Gasteiger charge is 2.15. The Morgan fingerprint density at radius 2 is 1.82 bits per heavy atom. The molecule has 5 heteroatoms. The third kappa shape index (κ3) is 4.33. The average Bonchev–Trinajstić information content (AvgIpc) is 2.53. The predicted octanol–water partition coefficient (Wildman–Crippen LogP) is 3.93. The SMILES string of the molecule is CC[C@@H](NC(=O)NC(=O)c1cccc(Cl)c1)c1ccccc1. The topological polar surface area (TPSA) is 58.2 Å². The van der Waals surface area contributed by atoms with E-state index in [0.717, 1.165) is 12.0 Å². The molecule has 4 nitrogen and oxygen atoms in total. The Labute approximate surface area is 134 Å². The van der Waals surface area contributed by atoms with Gasteiger partial charge in [-0.2, -0.15) is 0 Å². The van der Waals surface area contributed by atoms with E-state index in [0.29, 0.717) is 10.6 Å². The van der Waals surface area contributed by atoms with E-state index in [-0.39, 0.29) is 6.04 Å². The van der Waals surface area contributed by atoms with Gasteiger partial charge in [0.1, 0.15) is 0 Å². The number of carbonyl (C=O) groups excluding carboxylic acids is 2. The molecule has 0 saturated heterocycles. The minimum Gasteiger partial charge on any atom is -0.331 e. The molecule has 0 fully saturated rings. The number of rotatable bonds is 4. The fraction of sp³-hybridized carbons (Fsp3) is 0.176. The number of nitrogens with one attached hydrogen (secondary N) is 2. The van der Waals surface area contributed by atoms with Crippen molar-refractivity contribution in [2.45, 2.75) is 19.4 Å². The van der Waals surface area contributed by atoms with Gasteiger partial charge in [-0.1, -0.05) is 54.9 Å². The molecule has 0 bridgehead atoms. The Bertz CT molecular complexity index is 659. The molecule has 0 aliphatic heterocycles. The first-order valence-electron chi connectivity index (χ1n) is 7.02. The first-order valence-corrected chi connectivity index (χ1v) is 7.40. The summed E-state index contributed by atoms with van der Waals surface area (Å²) in [4.78, 5) is 24.0. The summed E-state index contributed by atoms with van der Waals surface area (Å²) < 4.78 is 0. The zero-order valence-electron chi connectivity index (χ0n) is 12.2. The van der Waals surface area contributed by atoms with Gasteiger partial charge in [-0.25, -0.2) is 4.79 Å². The summed E-state index contributed by atoms with van der Waals surface area (Å²) in [5.74, 6) is -0.483. The van der Waals surface area contributed by atoms with E-state index in [1.54, 1.807) is 18.2 Å². The van der Waals surface area contributed by atoms with Crippen molar-refractivity contribution >= 4 is 23.5 Å². The molecule has 0 aliphatic carbocycles. The molecule has 22 heavy (non-hydrogen) atoms. The van der Waals surface area contributed by atoms with E-state index in [2.05, 4.69) is 10.6 Å². The predicted molar refractivity (Wildman–Crippen MR) is 86.9 cm³/mol. The van der Waals surface area contributed by atoms with Crippen LogP contribution >= 0.6 is 11.6 Å². The smallest absolute Gasteiger partial charge is 0.322 e. The average molecular weight is 317 g/mol. The Kier molecular flexibility index (Phi) is 5.55. The molecular formula is C17H17ClN2O2. The van der Waals surface area contributed by atoms with Gasteiger partial charge >= 0.3 is 6.03 Å². The number of hydrogen-bond acceptors (Lipinski definition) is 2. The molecule has 3 amide bonds. The summed E-state index contributed by atoms with van der Waals surface area (Å²) in [6, 6.07) is 15.4. The molecule has 0 spiro atoms. The van der Waals surface area contributed by atoms with Gasteiger partial charge in [0.25, 0.3) is 5.91 Å². The lowest BCUT2D eigenvalue weighted by atomic mass is 10.1. The van der Waals surface area contributed by atoms with Crippen LogP contribution in [0.5, 0.6) is 0 Å². The third-order valence-corrected chi connectivity index (χ3v) is 3.46. The summed E-state index contributed by atoms with van der Waals surface area (Å²) in [5.41, 5.74) is 1.34. The van der Waals surface area contributed by atoms with E-state index >= 15 is 0 Å². The molecule has 1 atom stereocenters. The van der Waals surface area contributed by atoms with Gasteiger partial charge in [0.05, 0.1) is 6.04 Å². The zero-order chi connectivity index (χ0) is 15.9. The van der Waals surface area contributed by atoms with Gasteiger partial charge < -0.3 is 5.32 Å². The van der Waals surface area contributed by atoms with Crippen LogP contribution in [0.25, 0.3) is 0 Å². The van der Waals surface area contributed by atoms with Crippen LogP contribution in [0.2, 0.25) is 5.02 Å². The molecular weight excluding hydrogens is 300 g/mol. The number of amides is 3. The van der Waals surface area contributed by atoms with Crippen molar-refractivity contribution in [2.24, 2.45) is 0 Å². The highest BCUT2D eigenvalue weighted by Crippen LogP contribution is 2.15. The molecule has 0 saturated carbocycles. The van der Waals surface area contributed by atoms with Gasteiger partial charge in [-0.15, -0.1) is 0 Å². The lowest BCUT2D eigenvalue weighted by molar-refractivity contribution is 0.0963. The molecule has 0 radical (unpaired) electrons. The van der Waals surface area contributed by atoms with E-state index in [1.807, 2.05) is 37.3 Å². The van der Waals surface area contributed by atoms with Gasteiger partial charge in [-0.3, -0.25) is 10.1 Å².